The molecule has 1 aromatic heterocycles. The molecular formula is C18H19N3O3S. The van der Waals surface area contributed by atoms with Crippen LogP contribution in [0.2, 0.25) is 0 Å². The van der Waals surface area contributed by atoms with E-state index in [1.54, 1.807) is 0 Å². The van der Waals surface area contributed by atoms with E-state index in [2.05, 4.69) is 4.98 Å². The van der Waals surface area contributed by atoms with Gasteiger partial charge in [0.2, 0.25) is 0 Å². The van der Waals surface area contributed by atoms with E-state index in [1.165, 1.54) is 16.2 Å². The number of fused-ring (bicyclic) bond motifs is 1. The molecule has 0 radical (unpaired) electrons. The minimum Gasteiger partial charge on any atom is -0.263 e. The van der Waals surface area contributed by atoms with Gasteiger partial charge in [0.25, 0.3) is 0 Å². The first-order valence-corrected chi connectivity index (χ1v) is 9.41. The van der Waals surface area contributed by atoms with Crippen LogP contribution in [0.25, 0.3) is 10.2 Å². The zero-order chi connectivity index (χ0) is 17.6. The molecule has 2 aliphatic rings. The first kappa shape index (κ1) is 16.2. The minimum atomic E-state index is -0.734. The van der Waals surface area contributed by atoms with Crippen molar-refractivity contribution < 1.29 is 14.4 Å². The third kappa shape index (κ3) is 2.72. The van der Waals surface area contributed by atoms with Gasteiger partial charge in [-0.1, -0.05) is 31.9 Å². The van der Waals surface area contributed by atoms with Crippen LogP contribution in [0.15, 0.2) is 24.3 Å². The number of thiazole rings is 1. The van der Waals surface area contributed by atoms with Gasteiger partial charge in [0.15, 0.2) is 0 Å². The van der Waals surface area contributed by atoms with E-state index in [0.29, 0.717) is 5.01 Å². The van der Waals surface area contributed by atoms with Crippen molar-refractivity contribution in [1.29, 1.82) is 0 Å². The van der Waals surface area contributed by atoms with Crippen LogP contribution in [0.4, 0.5) is 4.79 Å². The van der Waals surface area contributed by atoms with Gasteiger partial charge < -0.3 is 0 Å². The molecule has 1 saturated heterocycles. The minimum absolute atomic E-state index is 0.0559. The van der Waals surface area contributed by atoms with Crippen molar-refractivity contribution in [2.45, 2.75) is 45.2 Å². The molecule has 1 aliphatic carbocycles. The molecule has 0 spiro atoms. The molecule has 2 heterocycles. The summed E-state index contributed by atoms with van der Waals surface area (Å²) in [5.41, 5.74) is 0.839. The van der Waals surface area contributed by atoms with Crippen LogP contribution in [0.1, 0.15) is 37.6 Å². The van der Waals surface area contributed by atoms with Crippen molar-refractivity contribution in [3.63, 3.8) is 0 Å². The molecule has 0 bridgehead atoms. The second-order valence-corrected chi connectivity index (χ2v) is 7.87. The Morgan fingerprint density at radius 1 is 1.12 bits per heavy atom. The maximum Gasteiger partial charge on any atom is 0.334 e. The highest BCUT2D eigenvalue weighted by Crippen LogP contribution is 2.32. The summed E-state index contributed by atoms with van der Waals surface area (Å²) in [5.74, 6) is -1.19. The molecule has 0 unspecified atom stereocenters. The van der Waals surface area contributed by atoms with Crippen LogP contribution in [-0.2, 0) is 16.1 Å². The first-order valence-electron chi connectivity index (χ1n) is 8.59. The number of para-hydroxylation sites is 1. The van der Waals surface area contributed by atoms with Gasteiger partial charge in [0, 0.05) is 6.04 Å². The van der Waals surface area contributed by atoms with Gasteiger partial charge in [-0.3, -0.25) is 14.5 Å². The van der Waals surface area contributed by atoms with E-state index < -0.39 is 17.8 Å². The van der Waals surface area contributed by atoms with E-state index >= 15 is 0 Å². The van der Waals surface area contributed by atoms with Gasteiger partial charge in [-0.15, -0.1) is 11.3 Å². The third-order valence-corrected chi connectivity index (χ3v) is 6.13. The Hall–Kier alpha value is -2.28. The summed E-state index contributed by atoms with van der Waals surface area (Å²) in [5, 5.41) is 0.661. The third-order valence-electron chi connectivity index (χ3n) is 5.11. The van der Waals surface area contributed by atoms with Crippen LogP contribution >= 0.6 is 11.3 Å². The van der Waals surface area contributed by atoms with Gasteiger partial charge >= 0.3 is 17.8 Å². The van der Waals surface area contributed by atoms with Crippen LogP contribution in [-0.4, -0.2) is 38.7 Å². The Labute approximate surface area is 149 Å². The summed E-state index contributed by atoms with van der Waals surface area (Å²) in [6.45, 7) is 2.10. The van der Waals surface area contributed by atoms with Crippen molar-refractivity contribution >= 4 is 39.4 Å². The highest BCUT2D eigenvalue weighted by molar-refractivity contribution is 7.18. The first-order chi connectivity index (χ1) is 12.1. The number of rotatable bonds is 3. The lowest BCUT2D eigenvalue weighted by molar-refractivity contribution is -0.144. The molecule has 7 heteroatoms. The molecule has 2 atom stereocenters. The normalized spacial score (nSPS) is 24.6. The number of urea groups is 1. The van der Waals surface area contributed by atoms with Crippen LogP contribution < -0.4 is 0 Å². The average molecular weight is 357 g/mol. The van der Waals surface area contributed by atoms with E-state index in [-0.39, 0.29) is 18.5 Å². The van der Waals surface area contributed by atoms with Crippen molar-refractivity contribution in [3.8, 4) is 0 Å². The standard InChI is InChI=1S/C18H19N3O3S/c1-11-6-2-4-8-13(11)21-17(23)16(22)20(18(21)24)10-15-19-12-7-3-5-9-14(12)25-15/h3,5,7,9,11,13H,2,4,6,8,10H2,1H3/t11-,13+/m1/s1. The fourth-order valence-corrected chi connectivity index (χ4v) is 4.71. The number of nitrogens with zero attached hydrogens (tertiary/aromatic N) is 3. The average Bonchev–Trinajstić information content (AvgIpc) is 3.11. The largest absolute Gasteiger partial charge is 0.334 e. The molecule has 1 saturated carbocycles. The summed E-state index contributed by atoms with van der Waals surface area (Å²) >= 11 is 1.44. The number of benzene rings is 1. The van der Waals surface area contributed by atoms with Crippen molar-refractivity contribution in [2.24, 2.45) is 5.92 Å². The van der Waals surface area contributed by atoms with E-state index in [1.807, 2.05) is 31.2 Å². The Bertz CT molecular complexity index is 829. The van der Waals surface area contributed by atoms with Gasteiger partial charge in [0.05, 0.1) is 16.8 Å². The maximum absolute atomic E-state index is 12.8. The lowest BCUT2D eigenvalue weighted by atomic mass is 9.85. The van der Waals surface area contributed by atoms with Crippen molar-refractivity contribution in [3.05, 3.63) is 29.3 Å². The zero-order valence-corrected chi connectivity index (χ0v) is 14.8. The molecule has 0 N–H and O–H groups in total. The fraction of sp³-hybridized carbons (Fsp3) is 0.444. The molecular weight excluding hydrogens is 338 g/mol. The molecule has 1 aromatic carbocycles. The van der Waals surface area contributed by atoms with Crippen LogP contribution in [0.3, 0.4) is 0 Å². The number of hydrogen-bond donors (Lipinski definition) is 0. The van der Waals surface area contributed by atoms with Crippen LogP contribution in [0, 0.1) is 5.92 Å². The number of carbonyl (C=O) groups excluding carboxylic acids is 3. The Balaban J connectivity index is 1.58. The molecule has 4 rings (SSSR count). The summed E-state index contributed by atoms with van der Waals surface area (Å²) in [4.78, 5) is 44.3. The molecule has 6 nitrogen and oxygen atoms in total. The summed E-state index contributed by atoms with van der Waals surface area (Å²) in [6.07, 6.45) is 3.85. The van der Waals surface area contributed by atoms with Crippen molar-refractivity contribution in [2.75, 3.05) is 0 Å². The lowest BCUT2D eigenvalue weighted by Crippen LogP contribution is -2.46. The lowest BCUT2D eigenvalue weighted by Gasteiger charge is -2.34. The number of amides is 4. The zero-order valence-electron chi connectivity index (χ0n) is 14.0. The molecule has 1 aliphatic heterocycles. The van der Waals surface area contributed by atoms with Gasteiger partial charge in [-0.25, -0.2) is 14.7 Å². The van der Waals surface area contributed by atoms with E-state index in [0.717, 1.165) is 40.8 Å². The molecule has 25 heavy (non-hydrogen) atoms. The smallest absolute Gasteiger partial charge is 0.263 e. The van der Waals surface area contributed by atoms with Gasteiger partial charge in [0.1, 0.15) is 5.01 Å². The van der Waals surface area contributed by atoms with Crippen LogP contribution in [0.5, 0.6) is 0 Å². The highest BCUT2D eigenvalue weighted by atomic mass is 32.1. The number of carbonyl (C=O) groups is 3. The number of aromatic nitrogens is 1. The SMILES string of the molecule is C[C@@H]1CCCC[C@@H]1N1C(=O)C(=O)N(Cc2nc3ccccc3s2)C1=O. The second-order valence-electron chi connectivity index (χ2n) is 6.75. The quantitative estimate of drug-likeness (QED) is 0.625. The summed E-state index contributed by atoms with van der Waals surface area (Å²) in [6, 6.07) is 7.00. The van der Waals surface area contributed by atoms with E-state index in [4.69, 9.17) is 0 Å². The predicted octanol–water partition coefficient (Wildman–Crippen LogP) is 3.17. The Morgan fingerprint density at radius 2 is 1.88 bits per heavy atom. The highest BCUT2D eigenvalue weighted by Gasteiger charge is 2.49. The molecule has 2 aromatic rings. The topological polar surface area (TPSA) is 70.6 Å². The van der Waals surface area contributed by atoms with Crippen molar-refractivity contribution in [1.82, 2.24) is 14.8 Å². The van der Waals surface area contributed by atoms with E-state index in [9.17, 15) is 14.4 Å². The van der Waals surface area contributed by atoms with Gasteiger partial charge in [-0.05, 0) is 30.9 Å². The second kappa shape index (κ2) is 6.22. The predicted molar refractivity (Wildman–Crippen MR) is 93.8 cm³/mol. The number of hydrogen-bond acceptors (Lipinski definition) is 5. The van der Waals surface area contributed by atoms with Gasteiger partial charge in [-0.2, -0.15) is 0 Å². The molecule has 130 valence electrons. The molecule has 2 fully saturated rings. The fourth-order valence-electron chi connectivity index (χ4n) is 3.76. The summed E-state index contributed by atoms with van der Waals surface area (Å²) < 4.78 is 1.00. The Morgan fingerprint density at radius 3 is 2.64 bits per heavy atom. The summed E-state index contributed by atoms with van der Waals surface area (Å²) in [7, 11) is 0. The Kier molecular flexibility index (Phi) is 4.03. The molecule has 4 amide bonds. The maximum atomic E-state index is 12.8. The number of imide groups is 2. The monoisotopic (exact) mass is 357 g/mol.